The summed E-state index contributed by atoms with van der Waals surface area (Å²) in [5.74, 6) is -1.14. The Balaban J connectivity index is 1.54. The number of benzene rings is 1. The molecule has 2 amide bonds. The highest BCUT2D eigenvalue weighted by atomic mass is 35.5. The van der Waals surface area contributed by atoms with Crippen molar-refractivity contribution in [2.24, 2.45) is 5.92 Å². The lowest BCUT2D eigenvalue weighted by Gasteiger charge is -2.18. The molecule has 2 atom stereocenters. The zero-order valence-corrected chi connectivity index (χ0v) is 16.4. The first-order valence-electron chi connectivity index (χ1n) is 8.91. The first kappa shape index (κ1) is 19.9. The predicted molar refractivity (Wildman–Crippen MR) is 103 cm³/mol. The number of likely N-dealkylation sites (tertiary alicyclic amines) is 1. The Morgan fingerprint density at radius 2 is 2.14 bits per heavy atom. The number of hydrogen-bond donors (Lipinski definition) is 1. The number of carbonyl (C=O) groups excluding carboxylic acids is 3. The number of furan rings is 1. The number of nitrogens with one attached hydrogen (secondary N) is 1. The zero-order chi connectivity index (χ0) is 20.3. The number of rotatable bonds is 6. The van der Waals surface area contributed by atoms with Crippen LogP contribution in [0.1, 0.15) is 24.7 Å². The van der Waals surface area contributed by atoms with Gasteiger partial charge in [-0.25, -0.2) is 0 Å². The van der Waals surface area contributed by atoms with Crippen LogP contribution in [0.25, 0.3) is 0 Å². The number of amides is 2. The van der Waals surface area contributed by atoms with Crippen LogP contribution < -0.4 is 5.32 Å². The van der Waals surface area contributed by atoms with Gasteiger partial charge in [0.05, 0.1) is 18.7 Å². The molecule has 1 aliphatic heterocycles. The third kappa shape index (κ3) is 4.54. The van der Waals surface area contributed by atoms with Crippen molar-refractivity contribution in [1.82, 2.24) is 4.90 Å². The number of hydrogen-bond acceptors (Lipinski definition) is 5. The molecule has 1 aromatic heterocycles. The summed E-state index contributed by atoms with van der Waals surface area (Å²) >= 11 is 6.05. The fourth-order valence-corrected chi connectivity index (χ4v) is 3.15. The Morgan fingerprint density at radius 1 is 1.36 bits per heavy atom. The molecule has 7 nitrogen and oxygen atoms in total. The molecular formula is C20H21ClN2O5. The Morgan fingerprint density at radius 3 is 2.86 bits per heavy atom. The molecule has 1 saturated heterocycles. The second kappa shape index (κ2) is 8.48. The van der Waals surface area contributed by atoms with Crippen LogP contribution in [-0.4, -0.2) is 35.3 Å². The second-order valence-electron chi connectivity index (χ2n) is 6.74. The van der Waals surface area contributed by atoms with Gasteiger partial charge < -0.3 is 19.4 Å². The van der Waals surface area contributed by atoms with Gasteiger partial charge in [-0.05, 0) is 43.7 Å². The summed E-state index contributed by atoms with van der Waals surface area (Å²) in [5.41, 5.74) is 1.28. The van der Waals surface area contributed by atoms with E-state index in [0.29, 0.717) is 23.0 Å². The number of esters is 1. The van der Waals surface area contributed by atoms with Crippen LogP contribution in [0.5, 0.6) is 0 Å². The molecule has 2 heterocycles. The number of anilines is 1. The van der Waals surface area contributed by atoms with E-state index >= 15 is 0 Å². The van der Waals surface area contributed by atoms with Gasteiger partial charge in [0.1, 0.15) is 5.76 Å². The van der Waals surface area contributed by atoms with E-state index in [1.165, 1.54) is 13.2 Å². The van der Waals surface area contributed by atoms with Crippen LogP contribution in [0.4, 0.5) is 5.69 Å². The molecule has 0 aliphatic carbocycles. The molecule has 2 aromatic rings. The Labute approximate surface area is 167 Å². The highest BCUT2D eigenvalue weighted by Gasteiger charge is 2.37. The van der Waals surface area contributed by atoms with E-state index in [-0.39, 0.29) is 18.9 Å². The summed E-state index contributed by atoms with van der Waals surface area (Å²) in [6.45, 7) is 3.82. The van der Waals surface area contributed by atoms with Crippen molar-refractivity contribution in [3.63, 3.8) is 0 Å². The molecule has 8 heteroatoms. The van der Waals surface area contributed by atoms with Crippen LogP contribution in [-0.2, 0) is 25.7 Å². The van der Waals surface area contributed by atoms with Gasteiger partial charge in [0, 0.05) is 23.7 Å². The van der Waals surface area contributed by atoms with E-state index in [2.05, 4.69) is 5.32 Å². The van der Waals surface area contributed by atoms with E-state index in [0.717, 1.165) is 5.56 Å². The predicted octanol–water partition coefficient (Wildman–Crippen LogP) is 3.16. The van der Waals surface area contributed by atoms with Crippen LogP contribution in [0.15, 0.2) is 41.0 Å². The normalized spacial score (nSPS) is 17.5. The summed E-state index contributed by atoms with van der Waals surface area (Å²) in [4.78, 5) is 38.4. The molecule has 148 valence electrons. The van der Waals surface area contributed by atoms with Crippen molar-refractivity contribution in [3.8, 4) is 0 Å². The van der Waals surface area contributed by atoms with E-state index in [1.54, 1.807) is 42.2 Å². The average molecular weight is 405 g/mol. The summed E-state index contributed by atoms with van der Waals surface area (Å²) < 4.78 is 10.5. The molecule has 3 rings (SSSR count). The molecule has 0 unspecified atom stereocenters. The standard InChI is InChI=1S/C20H21ClN2O5/c1-12-16(21)6-3-7-17(12)22-19(25)13(2)28-20(26)14-9-18(24)23(10-14)11-15-5-4-8-27-15/h3-8,13-14H,9-11H2,1-2H3,(H,22,25)/t13-,14-/m0/s1. The molecule has 0 saturated carbocycles. The summed E-state index contributed by atoms with van der Waals surface area (Å²) in [6, 6.07) is 8.67. The molecule has 0 spiro atoms. The van der Waals surface area contributed by atoms with E-state index < -0.39 is 23.9 Å². The molecular weight excluding hydrogens is 384 g/mol. The Kier molecular flexibility index (Phi) is 6.04. The minimum Gasteiger partial charge on any atom is -0.467 e. The maximum atomic E-state index is 12.4. The fourth-order valence-electron chi connectivity index (χ4n) is 2.97. The van der Waals surface area contributed by atoms with Crippen LogP contribution in [0.3, 0.4) is 0 Å². The smallest absolute Gasteiger partial charge is 0.312 e. The van der Waals surface area contributed by atoms with E-state index in [9.17, 15) is 14.4 Å². The second-order valence-corrected chi connectivity index (χ2v) is 7.14. The monoisotopic (exact) mass is 404 g/mol. The van der Waals surface area contributed by atoms with Crippen molar-refractivity contribution < 1.29 is 23.5 Å². The van der Waals surface area contributed by atoms with Crippen molar-refractivity contribution in [2.75, 3.05) is 11.9 Å². The van der Waals surface area contributed by atoms with Gasteiger partial charge in [0.15, 0.2) is 6.10 Å². The lowest BCUT2D eigenvalue weighted by atomic mass is 10.1. The van der Waals surface area contributed by atoms with Crippen LogP contribution in [0.2, 0.25) is 5.02 Å². The number of ether oxygens (including phenoxy) is 1. The van der Waals surface area contributed by atoms with Gasteiger partial charge in [0.25, 0.3) is 5.91 Å². The molecule has 1 aliphatic rings. The van der Waals surface area contributed by atoms with Gasteiger partial charge >= 0.3 is 5.97 Å². The Bertz CT molecular complexity index is 881. The third-order valence-electron chi connectivity index (χ3n) is 4.66. The van der Waals surface area contributed by atoms with Crippen LogP contribution >= 0.6 is 11.6 Å². The third-order valence-corrected chi connectivity index (χ3v) is 5.07. The van der Waals surface area contributed by atoms with Crippen LogP contribution in [0, 0.1) is 12.8 Å². The topological polar surface area (TPSA) is 88.8 Å². The summed E-state index contributed by atoms with van der Waals surface area (Å²) in [5, 5.41) is 3.23. The molecule has 28 heavy (non-hydrogen) atoms. The van der Waals surface area contributed by atoms with Gasteiger partial charge in [-0.1, -0.05) is 17.7 Å². The number of nitrogens with zero attached hydrogens (tertiary/aromatic N) is 1. The molecule has 1 N–H and O–H groups in total. The lowest BCUT2D eigenvalue weighted by Crippen LogP contribution is -2.33. The average Bonchev–Trinajstić information content (AvgIpc) is 3.29. The summed E-state index contributed by atoms with van der Waals surface area (Å²) in [6.07, 6.45) is 0.588. The molecule has 0 bridgehead atoms. The van der Waals surface area contributed by atoms with Gasteiger partial charge in [0.2, 0.25) is 5.91 Å². The van der Waals surface area contributed by atoms with Crippen molar-refractivity contribution >= 4 is 35.1 Å². The molecule has 0 radical (unpaired) electrons. The number of carbonyl (C=O) groups is 3. The maximum absolute atomic E-state index is 12.4. The van der Waals surface area contributed by atoms with Crippen molar-refractivity contribution in [2.45, 2.75) is 32.9 Å². The first-order chi connectivity index (χ1) is 13.3. The zero-order valence-electron chi connectivity index (χ0n) is 15.6. The van der Waals surface area contributed by atoms with Gasteiger partial charge in [-0.2, -0.15) is 0 Å². The SMILES string of the molecule is Cc1c(Cl)cccc1NC(=O)[C@H](C)OC(=O)[C@H]1CC(=O)N(Cc2ccco2)C1. The first-order valence-corrected chi connectivity index (χ1v) is 9.29. The lowest BCUT2D eigenvalue weighted by molar-refractivity contribution is -0.157. The largest absolute Gasteiger partial charge is 0.467 e. The molecule has 1 aromatic carbocycles. The summed E-state index contributed by atoms with van der Waals surface area (Å²) in [7, 11) is 0. The molecule has 1 fully saturated rings. The fraction of sp³-hybridized carbons (Fsp3) is 0.350. The van der Waals surface area contributed by atoms with Crippen molar-refractivity contribution in [3.05, 3.63) is 52.9 Å². The maximum Gasteiger partial charge on any atom is 0.312 e. The van der Waals surface area contributed by atoms with Crippen molar-refractivity contribution in [1.29, 1.82) is 0 Å². The quantitative estimate of drug-likeness (QED) is 0.747. The highest BCUT2D eigenvalue weighted by molar-refractivity contribution is 6.31. The highest BCUT2D eigenvalue weighted by Crippen LogP contribution is 2.24. The van der Waals surface area contributed by atoms with E-state index in [1.807, 2.05) is 0 Å². The minimum atomic E-state index is -1.000. The minimum absolute atomic E-state index is 0.0568. The van der Waals surface area contributed by atoms with Gasteiger partial charge in [-0.3, -0.25) is 14.4 Å². The number of halogens is 1. The van der Waals surface area contributed by atoms with Gasteiger partial charge in [-0.15, -0.1) is 0 Å². The Hall–Kier alpha value is -2.80. The van der Waals surface area contributed by atoms with E-state index in [4.69, 9.17) is 20.8 Å².